The molecule has 0 atom stereocenters. The number of rotatable bonds is 5. The molecule has 0 aliphatic rings. The highest BCUT2D eigenvalue weighted by Crippen LogP contribution is 2.27. The van der Waals surface area contributed by atoms with Crippen LogP contribution in [0.1, 0.15) is 44.7 Å². The van der Waals surface area contributed by atoms with Crippen LogP contribution in [0.3, 0.4) is 0 Å². The summed E-state index contributed by atoms with van der Waals surface area (Å²) in [6.45, 7) is 9.38. The van der Waals surface area contributed by atoms with Gasteiger partial charge in [-0.1, -0.05) is 45.1 Å². The second-order valence-corrected chi connectivity index (χ2v) is 6.17. The second kappa shape index (κ2) is 6.19. The maximum Gasteiger partial charge on any atom is 0.122 e. The van der Waals surface area contributed by atoms with Crippen molar-refractivity contribution in [3.8, 4) is 5.75 Å². The molecule has 0 bridgehead atoms. The van der Waals surface area contributed by atoms with Gasteiger partial charge in [0.1, 0.15) is 5.75 Å². The Hall–Kier alpha value is -1.09. The minimum atomic E-state index is 0.176. The van der Waals surface area contributed by atoms with Crippen LogP contribution < -0.4 is 10.5 Å². The molecule has 1 aromatic carbocycles. The highest BCUT2D eigenvalue weighted by Gasteiger charge is 2.14. The molecule has 0 heterocycles. The first kappa shape index (κ1) is 15.0. The van der Waals surface area contributed by atoms with Gasteiger partial charge in [-0.15, -0.1) is 0 Å². The van der Waals surface area contributed by atoms with Crippen LogP contribution in [-0.4, -0.2) is 11.6 Å². The summed E-state index contributed by atoms with van der Waals surface area (Å²) in [5.41, 5.74) is 8.13. The molecule has 0 spiro atoms. The lowest BCUT2D eigenvalue weighted by atomic mass is 9.86. The molecule has 0 saturated carbocycles. The van der Waals surface area contributed by atoms with E-state index in [1.807, 2.05) is 0 Å². The predicted molar refractivity (Wildman–Crippen MR) is 81.4 cm³/mol. The molecule has 0 amide bonds. The standard InChI is InChI=1S/C15H23NOS/c1-11-10-12(15(2,3)4)7-8-13(11)17-9-5-6-14(16)18/h7-8,10H,5-6,9H2,1-4H3,(H2,16,18). The van der Waals surface area contributed by atoms with E-state index >= 15 is 0 Å². The van der Waals surface area contributed by atoms with E-state index in [4.69, 9.17) is 22.7 Å². The summed E-state index contributed by atoms with van der Waals surface area (Å²) in [6, 6.07) is 6.38. The molecule has 2 N–H and O–H groups in total. The molecule has 0 unspecified atom stereocenters. The van der Waals surface area contributed by atoms with Crippen LogP contribution in [0, 0.1) is 6.92 Å². The van der Waals surface area contributed by atoms with Gasteiger partial charge in [0, 0.05) is 6.42 Å². The van der Waals surface area contributed by atoms with Gasteiger partial charge in [0.05, 0.1) is 11.6 Å². The average Bonchev–Trinajstić information content (AvgIpc) is 2.24. The number of hydrogen-bond donors (Lipinski definition) is 1. The molecular weight excluding hydrogens is 242 g/mol. The number of hydrogen-bond acceptors (Lipinski definition) is 2. The number of ether oxygens (including phenoxy) is 1. The van der Waals surface area contributed by atoms with Crippen molar-refractivity contribution in [3.05, 3.63) is 29.3 Å². The van der Waals surface area contributed by atoms with Crippen LogP contribution >= 0.6 is 12.2 Å². The zero-order chi connectivity index (χ0) is 13.8. The Balaban J connectivity index is 2.60. The summed E-state index contributed by atoms with van der Waals surface area (Å²) in [4.78, 5) is 0.554. The van der Waals surface area contributed by atoms with Crippen LogP contribution in [0.25, 0.3) is 0 Å². The first-order chi connectivity index (χ1) is 8.30. The summed E-state index contributed by atoms with van der Waals surface area (Å²) in [7, 11) is 0. The van der Waals surface area contributed by atoms with Gasteiger partial charge in [-0.25, -0.2) is 0 Å². The fraction of sp³-hybridized carbons (Fsp3) is 0.533. The minimum absolute atomic E-state index is 0.176. The molecule has 18 heavy (non-hydrogen) atoms. The number of aryl methyl sites for hydroxylation is 1. The average molecular weight is 265 g/mol. The van der Waals surface area contributed by atoms with Gasteiger partial charge in [-0.05, 0) is 36.0 Å². The molecule has 0 saturated heterocycles. The molecule has 0 aliphatic carbocycles. The third-order valence-electron chi connectivity index (χ3n) is 2.87. The Labute approximate surface area is 116 Å². The van der Waals surface area contributed by atoms with Gasteiger partial charge >= 0.3 is 0 Å². The van der Waals surface area contributed by atoms with Gasteiger partial charge in [0.2, 0.25) is 0 Å². The monoisotopic (exact) mass is 265 g/mol. The summed E-state index contributed by atoms with van der Waals surface area (Å²) in [5, 5.41) is 0. The molecule has 1 rings (SSSR count). The molecule has 1 aromatic rings. The van der Waals surface area contributed by atoms with Crippen LogP contribution in [0.2, 0.25) is 0 Å². The maximum absolute atomic E-state index is 5.74. The summed E-state index contributed by atoms with van der Waals surface area (Å²) in [6.07, 6.45) is 1.62. The molecule has 0 fully saturated rings. The normalized spacial score (nSPS) is 11.3. The Morgan fingerprint density at radius 3 is 2.50 bits per heavy atom. The van der Waals surface area contributed by atoms with Gasteiger partial charge in [0.15, 0.2) is 0 Å². The molecule has 3 heteroatoms. The smallest absolute Gasteiger partial charge is 0.122 e. The third kappa shape index (κ3) is 4.65. The van der Waals surface area contributed by atoms with Crippen molar-refractivity contribution < 1.29 is 4.74 Å². The second-order valence-electron chi connectivity index (χ2n) is 5.65. The molecule has 0 aromatic heterocycles. The van der Waals surface area contributed by atoms with Crippen molar-refractivity contribution in [2.75, 3.05) is 6.61 Å². The van der Waals surface area contributed by atoms with E-state index in [1.54, 1.807) is 0 Å². The van der Waals surface area contributed by atoms with Crippen molar-refractivity contribution >= 4 is 17.2 Å². The first-order valence-electron chi connectivity index (χ1n) is 6.33. The summed E-state index contributed by atoms with van der Waals surface area (Å²) in [5.74, 6) is 0.950. The van der Waals surface area contributed by atoms with Crippen molar-refractivity contribution in [1.82, 2.24) is 0 Å². The van der Waals surface area contributed by atoms with Crippen molar-refractivity contribution in [2.45, 2.75) is 46.0 Å². The van der Waals surface area contributed by atoms with Crippen LogP contribution in [0.15, 0.2) is 18.2 Å². The van der Waals surface area contributed by atoms with Gasteiger partial charge in [-0.3, -0.25) is 0 Å². The van der Waals surface area contributed by atoms with E-state index in [-0.39, 0.29) is 5.41 Å². The highest BCUT2D eigenvalue weighted by atomic mass is 32.1. The molecular formula is C15H23NOS. The van der Waals surface area contributed by atoms with E-state index in [0.717, 1.165) is 18.6 Å². The van der Waals surface area contributed by atoms with Crippen LogP contribution in [0.5, 0.6) is 5.75 Å². The Kier molecular flexibility index (Phi) is 5.15. The fourth-order valence-corrected chi connectivity index (χ4v) is 1.85. The van der Waals surface area contributed by atoms with Crippen molar-refractivity contribution in [2.24, 2.45) is 5.73 Å². The molecule has 100 valence electrons. The lowest BCUT2D eigenvalue weighted by Gasteiger charge is -2.20. The SMILES string of the molecule is Cc1cc(C(C)(C)C)ccc1OCCCC(N)=S. The van der Waals surface area contributed by atoms with Gasteiger partial charge in [0.25, 0.3) is 0 Å². The summed E-state index contributed by atoms with van der Waals surface area (Å²) < 4.78 is 5.74. The predicted octanol–water partition coefficient (Wildman–Crippen LogP) is 3.74. The highest BCUT2D eigenvalue weighted by molar-refractivity contribution is 7.80. The Bertz CT molecular complexity index is 421. The van der Waals surface area contributed by atoms with Crippen LogP contribution in [0.4, 0.5) is 0 Å². The van der Waals surface area contributed by atoms with Crippen molar-refractivity contribution in [3.63, 3.8) is 0 Å². The molecule has 0 aliphatic heterocycles. The number of nitrogens with two attached hydrogens (primary N) is 1. The van der Waals surface area contributed by atoms with Gasteiger partial charge in [-0.2, -0.15) is 0 Å². The summed E-state index contributed by atoms with van der Waals surface area (Å²) >= 11 is 4.83. The zero-order valence-electron chi connectivity index (χ0n) is 11.7. The molecule has 2 nitrogen and oxygen atoms in total. The van der Waals surface area contributed by atoms with E-state index < -0.39 is 0 Å². The van der Waals surface area contributed by atoms with Gasteiger partial charge < -0.3 is 10.5 Å². The lowest BCUT2D eigenvalue weighted by molar-refractivity contribution is 0.311. The van der Waals surface area contributed by atoms with E-state index in [2.05, 4.69) is 45.9 Å². The number of thiocarbonyl (C=S) groups is 1. The van der Waals surface area contributed by atoms with E-state index in [1.165, 1.54) is 11.1 Å². The minimum Gasteiger partial charge on any atom is -0.493 e. The largest absolute Gasteiger partial charge is 0.493 e. The van der Waals surface area contributed by atoms with E-state index in [0.29, 0.717) is 11.6 Å². The van der Waals surface area contributed by atoms with E-state index in [9.17, 15) is 0 Å². The molecule has 0 radical (unpaired) electrons. The van der Waals surface area contributed by atoms with Crippen molar-refractivity contribution in [1.29, 1.82) is 0 Å². The topological polar surface area (TPSA) is 35.2 Å². The quantitative estimate of drug-likeness (QED) is 0.650. The number of benzene rings is 1. The Morgan fingerprint density at radius 1 is 1.33 bits per heavy atom. The third-order valence-corrected chi connectivity index (χ3v) is 3.07. The first-order valence-corrected chi connectivity index (χ1v) is 6.74. The Morgan fingerprint density at radius 2 is 2.00 bits per heavy atom. The fourth-order valence-electron chi connectivity index (χ4n) is 1.71. The van der Waals surface area contributed by atoms with Crippen LogP contribution in [-0.2, 0) is 5.41 Å². The maximum atomic E-state index is 5.74. The zero-order valence-corrected chi connectivity index (χ0v) is 12.6. The lowest BCUT2D eigenvalue weighted by Crippen LogP contribution is -2.12.